The van der Waals surface area contributed by atoms with Crippen LogP contribution in [-0.2, 0) is 0 Å². The van der Waals surface area contributed by atoms with E-state index in [2.05, 4.69) is 65.0 Å². The Kier molecular flexibility index (Phi) is 8.19. The van der Waals surface area contributed by atoms with E-state index in [1.165, 1.54) is 24.0 Å². The molecule has 0 aromatic rings. The van der Waals surface area contributed by atoms with Crippen molar-refractivity contribution in [2.24, 2.45) is 0 Å². The van der Waals surface area contributed by atoms with Gasteiger partial charge in [-0.3, -0.25) is 0 Å². The van der Waals surface area contributed by atoms with Crippen molar-refractivity contribution < 1.29 is 0 Å². The molecule has 0 aromatic carbocycles. The second kappa shape index (κ2) is 8.79. The zero-order chi connectivity index (χ0) is 14.1. The molecule has 1 heteroatoms. The summed E-state index contributed by atoms with van der Waals surface area (Å²) in [4.78, 5) is 2.31. The topological polar surface area (TPSA) is 3.24 Å². The average molecular weight is 247 g/mol. The number of rotatable bonds is 8. The lowest BCUT2D eigenvalue weighted by Crippen LogP contribution is -2.30. The molecule has 102 valence electrons. The van der Waals surface area contributed by atoms with Gasteiger partial charge in [-0.2, -0.15) is 0 Å². The minimum Gasteiger partial charge on any atom is -0.372 e. The zero-order valence-corrected chi connectivity index (χ0v) is 12.8. The second-order valence-corrected chi connectivity index (χ2v) is 4.87. The van der Waals surface area contributed by atoms with Gasteiger partial charge in [-0.1, -0.05) is 57.2 Å². The van der Waals surface area contributed by atoms with E-state index in [1.807, 2.05) is 6.08 Å². The Balaban J connectivity index is 4.76. The van der Waals surface area contributed by atoms with E-state index in [9.17, 15) is 0 Å². The van der Waals surface area contributed by atoms with Crippen molar-refractivity contribution in [1.82, 2.24) is 4.90 Å². The van der Waals surface area contributed by atoms with E-state index in [1.54, 1.807) is 0 Å². The molecule has 0 fully saturated rings. The molecule has 0 amide bonds. The molecule has 1 atom stereocenters. The van der Waals surface area contributed by atoms with Gasteiger partial charge in [0.1, 0.15) is 0 Å². The summed E-state index contributed by atoms with van der Waals surface area (Å²) < 4.78 is 0. The highest BCUT2D eigenvalue weighted by Crippen LogP contribution is 2.19. The maximum Gasteiger partial charge on any atom is 0.0322 e. The summed E-state index contributed by atoms with van der Waals surface area (Å²) in [5.74, 6) is 0. The van der Waals surface area contributed by atoms with Crippen LogP contribution in [-0.4, -0.2) is 18.0 Å². The fraction of sp³-hybridized carbons (Fsp3) is 0.529. The van der Waals surface area contributed by atoms with Crippen LogP contribution in [0.3, 0.4) is 0 Å². The van der Waals surface area contributed by atoms with Crippen molar-refractivity contribution in [3.05, 3.63) is 48.2 Å². The van der Waals surface area contributed by atoms with Crippen LogP contribution in [0.4, 0.5) is 0 Å². The van der Waals surface area contributed by atoms with Gasteiger partial charge in [0.2, 0.25) is 0 Å². The van der Waals surface area contributed by atoms with Gasteiger partial charge in [0.05, 0.1) is 0 Å². The molecule has 18 heavy (non-hydrogen) atoms. The van der Waals surface area contributed by atoms with Gasteiger partial charge >= 0.3 is 0 Å². The van der Waals surface area contributed by atoms with Crippen LogP contribution in [0.2, 0.25) is 0 Å². The van der Waals surface area contributed by atoms with Crippen LogP contribution in [0.15, 0.2) is 48.2 Å². The molecule has 0 spiro atoms. The fourth-order valence-electron chi connectivity index (χ4n) is 1.92. The molecule has 0 aliphatic rings. The molecule has 0 heterocycles. The van der Waals surface area contributed by atoms with E-state index < -0.39 is 0 Å². The highest BCUT2D eigenvalue weighted by atomic mass is 15.1. The van der Waals surface area contributed by atoms with Gasteiger partial charge in [-0.25, -0.2) is 0 Å². The summed E-state index contributed by atoms with van der Waals surface area (Å²) in [6.45, 7) is 16.6. The minimum absolute atomic E-state index is 0.593. The smallest absolute Gasteiger partial charge is 0.0322 e. The molecule has 0 saturated carbocycles. The van der Waals surface area contributed by atoms with Gasteiger partial charge in [-0.15, -0.1) is 0 Å². The Bertz CT molecular complexity index is 334. The lowest BCUT2D eigenvalue weighted by molar-refractivity contribution is 0.283. The van der Waals surface area contributed by atoms with Crippen LogP contribution < -0.4 is 0 Å². The first-order chi connectivity index (χ1) is 8.47. The minimum atomic E-state index is 0.593. The van der Waals surface area contributed by atoms with Crippen molar-refractivity contribution in [3.63, 3.8) is 0 Å². The summed E-state index contributed by atoms with van der Waals surface area (Å²) in [5.41, 5.74) is 3.50. The maximum atomic E-state index is 4.21. The quantitative estimate of drug-likeness (QED) is 0.540. The summed E-state index contributed by atoms with van der Waals surface area (Å²) >= 11 is 0. The van der Waals surface area contributed by atoms with Crippen LogP contribution in [0.5, 0.6) is 0 Å². The molecule has 0 saturated heterocycles. The number of hydrogen-bond donors (Lipinski definition) is 0. The van der Waals surface area contributed by atoms with Gasteiger partial charge in [0.15, 0.2) is 0 Å². The number of allylic oxidation sites excluding steroid dienone is 5. The molecular weight excluding hydrogens is 218 g/mol. The lowest BCUT2D eigenvalue weighted by atomic mass is 10.1. The third kappa shape index (κ3) is 5.39. The third-order valence-corrected chi connectivity index (χ3v) is 3.44. The highest BCUT2D eigenvalue weighted by molar-refractivity contribution is 5.31. The second-order valence-electron chi connectivity index (χ2n) is 4.87. The standard InChI is InChI=1S/C17H29N/c1-8-11-17(10-3)18(7)16(6)15(5)13-12-14(4)9-2/h9,12-13,17H,2,6,8,10-11H2,1,3-5,7H3/b14-12+,15-13-. The molecule has 1 nitrogen and oxygen atoms in total. The maximum absolute atomic E-state index is 4.21. The summed E-state index contributed by atoms with van der Waals surface area (Å²) in [5, 5.41) is 0. The molecule has 0 radical (unpaired) electrons. The van der Waals surface area contributed by atoms with Crippen molar-refractivity contribution in [1.29, 1.82) is 0 Å². The Morgan fingerprint density at radius 1 is 1.22 bits per heavy atom. The monoisotopic (exact) mass is 247 g/mol. The van der Waals surface area contributed by atoms with E-state index >= 15 is 0 Å². The largest absolute Gasteiger partial charge is 0.372 e. The normalized spacial score (nSPS) is 14.3. The van der Waals surface area contributed by atoms with Crippen LogP contribution in [0.25, 0.3) is 0 Å². The first-order valence-corrected chi connectivity index (χ1v) is 6.87. The van der Waals surface area contributed by atoms with E-state index in [4.69, 9.17) is 0 Å². The van der Waals surface area contributed by atoms with E-state index in [-0.39, 0.29) is 0 Å². The van der Waals surface area contributed by atoms with Crippen molar-refractivity contribution in [2.45, 2.75) is 53.0 Å². The fourth-order valence-corrected chi connectivity index (χ4v) is 1.92. The number of likely N-dealkylation sites (N-methyl/N-ethyl adjacent to an activating group) is 1. The van der Waals surface area contributed by atoms with Crippen LogP contribution in [0, 0.1) is 0 Å². The Morgan fingerprint density at radius 3 is 2.28 bits per heavy atom. The third-order valence-electron chi connectivity index (χ3n) is 3.44. The van der Waals surface area contributed by atoms with Gasteiger partial charge in [0, 0.05) is 18.8 Å². The highest BCUT2D eigenvalue weighted by Gasteiger charge is 2.13. The van der Waals surface area contributed by atoms with Crippen LogP contribution in [0.1, 0.15) is 47.0 Å². The average Bonchev–Trinajstić information content (AvgIpc) is 2.39. The zero-order valence-electron chi connectivity index (χ0n) is 12.8. The Hall–Kier alpha value is -1.24. The first-order valence-electron chi connectivity index (χ1n) is 6.87. The van der Waals surface area contributed by atoms with E-state index in [0.29, 0.717) is 6.04 Å². The number of nitrogens with zero attached hydrogens (tertiary/aromatic N) is 1. The molecule has 1 unspecified atom stereocenters. The summed E-state index contributed by atoms with van der Waals surface area (Å²) in [6.07, 6.45) is 9.67. The van der Waals surface area contributed by atoms with Gasteiger partial charge < -0.3 is 4.90 Å². The molecule has 0 N–H and O–H groups in total. The molecule has 0 aliphatic heterocycles. The first kappa shape index (κ1) is 16.8. The Labute approximate surface area is 114 Å². The van der Waals surface area contributed by atoms with Crippen molar-refractivity contribution in [2.75, 3.05) is 7.05 Å². The van der Waals surface area contributed by atoms with Crippen molar-refractivity contribution in [3.8, 4) is 0 Å². The molecule has 0 bridgehead atoms. The summed E-state index contributed by atoms with van der Waals surface area (Å²) in [6, 6.07) is 0.593. The van der Waals surface area contributed by atoms with E-state index in [0.717, 1.165) is 12.1 Å². The SMILES string of the molecule is C=C/C(C)=C/C=C(/C)C(=C)N(C)C(CC)CCC. The van der Waals surface area contributed by atoms with Gasteiger partial charge in [-0.05, 0) is 32.3 Å². The predicted molar refractivity (Wildman–Crippen MR) is 83.6 cm³/mol. The van der Waals surface area contributed by atoms with Crippen LogP contribution >= 0.6 is 0 Å². The number of hydrogen-bond acceptors (Lipinski definition) is 1. The molecule has 0 rings (SSSR count). The Morgan fingerprint density at radius 2 is 1.83 bits per heavy atom. The predicted octanol–water partition coefficient (Wildman–Crippen LogP) is 5.09. The van der Waals surface area contributed by atoms with Crippen molar-refractivity contribution >= 4 is 0 Å². The van der Waals surface area contributed by atoms with Gasteiger partial charge in [0.25, 0.3) is 0 Å². The molecule has 0 aliphatic carbocycles. The summed E-state index contributed by atoms with van der Waals surface area (Å²) in [7, 11) is 2.15. The molecular formula is C17H29N. The lowest BCUT2D eigenvalue weighted by Gasteiger charge is -2.31. The molecule has 0 aromatic heterocycles.